The lowest BCUT2D eigenvalue weighted by Gasteiger charge is -2.17. The first-order valence-electron chi connectivity index (χ1n) is 6.03. The van der Waals surface area contributed by atoms with Gasteiger partial charge in [0.05, 0.1) is 6.61 Å². The lowest BCUT2D eigenvalue weighted by atomic mass is 10.0. The molecule has 0 saturated heterocycles. The Kier molecular flexibility index (Phi) is 5.08. The van der Waals surface area contributed by atoms with E-state index in [1.165, 1.54) is 0 Å². The average molecular weight is 296 g/mol. The molecule has 0 aliphatic heterocycles. The Morgan fingerprint density at radius 1 is 1.00 bits per heavy atom. The maximum Gasteiger partial charge on any atom is 0.119 e. The van der Waals surface area contributed by atoms with E-state index >= 15 is 0 Å². The van der Waals surface area contributed by atoms with Crippen LogP contribution in [0.4, 0.5) is 0 Å². The van der Waals surface area contributed by atoms with Crippen molar-refractivity contribution < 1.29 is 4.74 Å². The Bertz CT molecular complexity index is 528. The maximum atomic E-state index is 6.17. The predicted octanol–water partition coefficient (Wildman–Crippen LogP) is 4.11. The van der Waals surface area contributed by atoms with Gasteiger partial charge >= 0.3 is 0 Å². The predicted molar refractivity (Wildman–Crippen MR) is 80.2 cm³/mol. The number of ether oxygens (including phenoxy) is 1. The molecule has 2 nitrogen and oxygen atoms in total. The summed E-state index contributed by atoms with van der Waals surface area (Å²) in [6.07, 6.45) is 0. The highest BCUT2D eigenvalue weighted by atomic mass is 35.5. The molecule has 2 aromatic carbocycles. The van der Waals surface area contributed by atoms with Gasteiger partial charge < -0.3 is 10.5 Å². The van der Waals surface area contributed by atoms with Crippen LogP contribution in [0.25, 0.3) is 0 Å². The zero-order valence-corrected chi connectivity index (χ0v) is 11.9. The van der Waals surface area contributed by atoms with Gasteiger partial charge in [-0.3, -0.25) is 0 Å². The largest absolute Gasteiger partial charge is 0.493 e. The lowest BCUT2D eigenvalue weighted by molar-refractivity contribution is 0.290. The molecule has 2 rings (SSSR count). The van der Waals surface area contributed by atoms with E-state index in [0.29, 0.717) is 18.2 Å². The first-order valence-corrected chi connectivity index (χ1v) is 6.79. The topological polar surface area (TPSA) is 35.2 Å². The summed E-state index contributed by atoms with van der Waals surface area (Å²) in [4.78, 5) is 0. The van der Waals surface area contributed by atoms with Gasteiger partial charge in [0, 0.05) is 22.5 Å². The summed E-state index contributed by atoms with van der Waals surface area (Å²) in [5.74, 6) is 0.847. The van der Waals surface area contributed by atoms with Gasteiger partial charge in [0.2, 0.25) is 0 Å². The van der Waals surface area contributed by atoms with Crippen LogP contribution in [0.3, 0.4) is 0 Å². The van der Waals surface area contributed by atoms with Crippen molar-refractivity contribution in [2.75, 3.05) is 13.2 Å². The van der Waals surface area contributed by atoms with E-state index in [1.54, 1.807) is 12.1 Å². The Morgan fingerprint density at radius 2 is 1.68 bits per heavy atom. The molecule has 1 atom stereocenters. The second-order valence-electron chi connectivity index (χ2n) is 4.22. The molecule has 0 amide bonds. The third-order valence-corrected chi connectivity index (χ3v) is 3.49. The quantitative estimate of drug-likeness (QED) is 0.901. The van der Waals surface area contributed by atoms with Gasteiger partial charge in [0.15, 0.2) is 0 Å². The molecule has 0 radical (unpaired) electrons. The number of nitrogens with two attached hydrogens (primary N) is 1. The highest BCUT2D eigenvalue weighted by Gasteiger charge is 2.13. The Hall–Kier alpha value is -1.22. The first-order chi connectivity index (χ1) is 9.20. The Labute approximate surface area is 123 Å². The van der Waals surface area contributed by atoms with Crippen LogP contribution in [0.5, 0.6) is 5.75 Å². The van der Waals surface area contributed by atoms with Gasteiger partial charge in [-0.25, -0.2) is 0 Å². The van der Waals surface area contributed by atoms with E-state index in [0.717, 1.165) is 16.3 Å². The SMILES string of the molecule is NCC(COc1ccc(Cl)cc1)c1ccccc1Cl. The standard InChI is InChI=1S/C15H15Cl2NO/c16-12-5-7-13(8-6-12)19-10-11(9-18)14-3-1-2-4-15(14)17/h1-8,11H,9-10,18H2. The van der Waals surface area contributed by atoms with Crippen molar-refractivity contribution in [1.82, 2.24) is 0 Å². The first kappa shape index (κ1) is 14.2. The van der Waals surface area contributed by atoms with Crippen LogP contribution in [0.1, 0.15) is 11.5 Å². The summed E-state index contributed by atoms with van der Waals surface area (Å²) in [6.45, 7) is 0.971. The molecule has 0 spiro atoms. The van der Waals surface area contributed by atoms with Crippen LogP contribution in [0.15, 0.2) is 48.5 Å². The lowest BCUT2D eigenvalue weighted by Crippen LogP contribution is -2.20. The average Bonchev–Trinajstić information content (AvgIpc) is 2.43. The molecule has 0 aromatic heterocycles. The van der Waals surface area contributed by atoms with Crippen molar-refractivity contribution >= 4 is 23.2 Å². The second-order valence-corrected chi connectivity index (χ2v) is 5.06. The zero-order valence-electron chi connectivity index (χ0n) is 10.4. The van der Waals surface area contributed by atoms with Gasteiger partial charge in [-0.2, -0.15) is 0 Å². The fourth-order valence-electron chi connectivity index (χ4n) is 1.82. The molecule has 100 valence electrons. The summed E-state index contributed by atoms with van der Waals surface area (Å²) in [5.41, 5.74) is 6.82. The smallest absolute Gasteiger partial charge is 0.119 e. The summed E-state index contributed by atoms with van der Waals surface area (Å²) >= 11 is 12.0. The van der Waals surface area contributed by atoms with Crippen molar-refractivity contribution in [2.24, 2.45) is 5.73 Å². The minimum atomic E-state index is 0.0735. The van der Waals surface area contributed by atoms with E-state index in [9.17, 15) is 0 Å². The molecule has 2 N–H and O–H groups in total. The maximum absolute atomic E-state index is 6.17. The van der Waals surface area contributed by atoms with E-state index in [-0.39, 0.29) is 5.92 Å². The van der Waals surface area contributed by atoms with Gasteiger partial charge in [-0.1, -0.05) is 41.4 Å². The number of halogens is 2. The summed E-state index contributed by atoms with van der Waals surface area (Å²) in [5, 5.41) is 1.41. The molecule has 1 unspecified atom stereocenters. The second kappa shape index (κ2) is 6.80. The number of benzene rings is 2. The molecule has 0 aliphatic rings. The third-order valence-electron chi connectivity index (χ3n) is 2.89. The molecule has 0 saturated carbocycles. The monoisotopic (exact) mass is 295 g/mol. The number of rotatable bonds is 5. The molecule has 0 fully saturated rings. The van der Waals surface area contributed by atoms with E-state index in [1.807, 2.05) is 36.4 Å². The minimum Gasteiger partial charge on any atom is -0.493 e. The van der Waals surface area contributed by atoms with Crippen molar-refractivity contribution in [3.8, 4) is 5.75 Å². The number of hydrogen-bond donors (Lipinski definition) is 1. The van der Waals surface area contributed by atoms with E-state index in [2.05, 4.69) is 0 Å². The molecule has 0 bridgehead atoms. The highest BCUT2D eigenvalue weighted by molar-refractivity contribution is 6.31. The summed E-state index contributed by atoms with van der Waals surface area (Å²) in [7, 11) is 0. The fourth-order valence-corrected chi connectivity index (χ4v) is 2.23. The molecule has 0 aliphatic carbocycles. The van der Waals surface area contributed by atoms with E-state index < -0.39 is 0 Å². The summed E-state index contributed by atoms with van der Waals surface area (Å²) < 4.78 is 5.73. The van der Waals surface area contributed by atoms with Crippen LogP contribution in [-0.4, -0.2) is 13.2 Å². The molecular formula is C15H15Cl2NO. The van der Waals surface area contributed by atoms with Crippen LogP contribution in [0.2, 0.25) is 10.0 Å². The highest BCUT2D eigenvalue weighted by Crippen LogP contribution is 2.25. The van der Waals surface area contributed by atoms with Crippen LogP contribution in [0, 0.1) is 0 Å². The van der Waals surface area contributed by atoms with Crippen LogP contribution >= 0.6 is 23.2 Å². The normalized spacial score (nSPS) is 12.2. The van der Waals surface area contributed by atoms with Gasteiger partial charge in [-0.05, 0) is 35.9 Å². The number of hydrogen-bond acceptors (Lipinski definition) is 2. The Morgan fingerprint density at radius 3 is 2.32 bits per heavy atom. The minimum absolute atomic E-state index is 0.0735. The van der Waals surface area contributed by atoms with Crippen molar-refractivity contribution in [3.05, 3.63) is 64.1 Å². The van der Waals surface area contributed by atoms with Crippen LogP contribution < -0.4 is 10.5 Å². The molecular weight excluding hydrogens is 281 g/mol. The fraction of sp³-hybridized carbons (Fsp3) is 0.200. The molecule has 19 heavy (non-hydrogen) atoms. The van der Waals surface area contributed by atoms with E-state index in [4.69, 9.17) is 33.7 Å². The molecule has 2 aromatic rings. The van der Waals surface area contributed by atoms with Gasteiger partial charge in [0.1, 0.15) is 5.75 Å². The summed E-state index contributed by atoms with van der Waals surface area (Å²) in [6, 6.07) is 15.0. The molecule has 4 heteroatoms. The van der Waals surface area contributed by atoms with Crippen molar-refractivity contribution in [3.63, 3.8) is 0 Å². The third kappa shape index (κ3) is 3.87. The van der Waals surface area contributed by atoms with Crippen LogP contribution in [-0.2, 0) is 0 Å². The molecule has 0 heterocycles. The Balaban J connectivity index is 2.04. The zero-order chi connectivity index (χ0) is 13.7. The van der Waals surface area contributed by atoms with Gasteiger partial charge in [-0.15, -0.1) is 0 Å². The van der Waals surface area contributed by atoms with Crippen molar-refractivity contribution in [1.29, 1.82) is 0 Å². The van der Waals surface area contributed by atoms with Crippen molar-refractivity contribution in [2.45, 2.75) is 5.92 Å². The van der Waals surface area contributed by atoms with Gasteiger partial charge in [0.25, 0.3) is 0 Å².